The van der Waals surface area contributed by atoms with Gasteiger partial charge in [-0.1, -0.05) is 249 Å². The summed E-state index contributed by atoms with van der Waals surface area (Å²) in [5, 5.41) is 7.68. The zero-order chi connectivity index (χ0) is 76.1. The Labute approximate surface area is 680 Å². The number of thiophene rings is 3. The van der Waals surface area contributed by atoms with Gasteiger partial charge in [0.1, 0.15) is 0 Å². The highest BCUT2D eigenvalue weighted by Crippen LogP contribution is 2.47. The Hall–Kier alpha value is -14.2. The highest BCUT2D eigenvalue weighted by molar-refractivity contribution is 7.26. The van der Waals surface area contributed by atoms with Gasteiger partial charge in [-0.3, -0.25) is 0 Å². The fourth-order valence-corrected chi connectivity index (χ4v) is 19.7. The minimum absolute atomic E-state index is 1.08. The Morgan fingerprint density at radius 2 is 0.296 bits per heavy atom. The van der Waals surface area contributed by atoms with Crippen molar-refractivity contribution >= 4 is 163 Å². The van der Waals surface area contributed by atoms with E-state index in [1.807, 2.05) is 34.0 Å². The fourth-order valence-electron chi connectivity index (χ4n) is 16.5. The molecule has 4 nitrogen and oxygen atoms in total. The first-order chi connectivity index (χ1) is 56.9. The Balaban J connectivity index is 0.528. The molecule has 0 saturated carbocycles. The topological polar surface area (TPSA) is 13.0 Å². The Morgan fingerprint density at radius 1 is 0.113 bits per heavy atom. The third-order valence-electron chi connectivity index (χ3n) is 22.3. The van der Waals surface area contributed by atoms with Gasteiger partial charge in [-0.15, -0.1) is 34.0 Å². The second-order valence-corrected chi connectivity index (χ2v) is 32.5. The fraction of sp³-hybridized carbons (Fsp3) is 0. The first-order valence-corrected chi connectivity index (χ1v) is 41.4. The molecule has 0 fully saturated rings. The second-order valence-electron chi connectivity index (χ2n) is 29.2. The van der Waals surface area contributed by atoms with Gasteiger partial charge in [0, 0.05) is 129 Å². The second kappa shape index (κ2) is 29.8. The molecule has 21 aromatic rings. The quantitative estimate of drug-likeness (QED) is 0.0849. The standard InChI is InChI=1S/C108H72N4S3/c1-4-17-73(18-5-1)75-35-51-90(52-36-75)111(95-64-67-107-101(71-95)98-26-11-14-29-104(98)114-107)92-57-43-79(44-58-92)80-45-59-93(60-46-80)112(96-65-68-108-102(72-96)99-27-12-15-30-105(99)115-108)91-55-39-76(40-56-91)74-31-33-81(34-32-74)83-19-16-20-84(69-83)82-47-61-88(62-48-82)109(85-21-6-2-7-22-85)87-49-37-77(38-50-87)78-41-53-89(54-42-78)110(86-23-8-3-9-24-86)94-63-66-106-100(70-94)97-25-10-13-28-103(97)113-106/h1-72H. The van der Waals surface area contributed by atoms with Crippen LogP contribution in [0.3, 0.4) is 0 Å². The van der Waals surface area contributed by atoms with E-state index in [0.717, 1.165) is 113 Å². The van der Waals surface area contributed by atoms with Crippen LogP contribution in [0.2, 0.25) is 0 Å². The summed E-state index contributed by atoms with van der Waals surface area (Å²) in [5.74, 6) is 0. The first kappa shape index (κ1) is 68.8. The summed E-state index contributed by atoms with van der Waals surface area (Å²) in [5.41, 5.74) is 27.1. The Kier molecular flexibility index (Phi) is 17.8. The number of hydrogen-bond acceptors (Lipinski definition) is 7. The molecule has 0 radical (unpaired) electrons. The summed E-state index contributed by atoms with van der Waals surface area (Å²) in [6, 6.07) is 160. The SMILES string of the molecule is c1ccc(-c2ccc(N(c3ccc(-c4ccc(N(c5ccc(-c6ccc(-c7cccc(-c8ccc(N(c9ccccc9)c9ccc(-c%10ccc(N(c%11ccccc%11)c%11ccc%12sc%13ccccc%13c%12c%11)cc%10)cc9)cc8)c7)cc6)cc5)c5ccc6sc7ccccc7c6c5)cc4)cc3)c3ccc4sc5ccccc5c4c3)cc2)cc1. The predicted octanol–water partition coefficient (Wildman–Crippen LogP) is 32.7. The van der Waals surface area contributed by atoms with Crippen LogP contribution in [0, 0.1) is 0 Å². The van der Waals surface area contributed by atoms with E-state index in [0.29, 0.717) is 0 Å². The summed E-state index contributed by atoms with van der Waals surface area (Å²) in [6.45, 7) is 0. The number of anilines is 12. The maximum atomic E-state index is 2.40. The van der Waals surface area contributed by atoms with E-state index in [1.54, 1.807) is 0 Å². The number of fused-ring (bicyclic) bond motifs is 9. The lowest BCUT2D eigenvalue weighted by atomic mass is 9.97. The molecule has 0 bridgehead atoms. The van der Waals surface area contributed by atoms with E-state index in [2.05, 4.69) is 456 Å². The molecular weight excluding hydrogens is 1450 g/mol. The lowest BCUT2D eigenvalue weighted by Crippen LogP contribution is -2.10. The van der Waals surface area contributed by atoms with Crippen LogP contribution in [0.15, 0.2) is 437 Å². The van der Waals surface area contributed by atoms with Gasteiger partial charge < -0.3 is 19.6 Å². The van der Waals surface area contributed by atoms with Gasteiger partial charge in [0.05, 0.1) is 0 Å². The molecule has 0 aliphatic heterocycles. The average molecular weight is 1520 g/mol. The van der Waals surface area contributed by atoms with Crippen molar-refractivity contribution in [3.8, 4) is 66.8 Å². The van der Waals surface area contributed by atoms with Gasteiger partial charge in [-0.05, 0) is 255 Å². The van der Waals surface area contributed by atoms with Crippen LogP contribution in [0.25, 0.3) is 127 Å². The predicted molar refractivity (Wildman–Crippen MR) is 496 cm³/mol. The van der Waals surface area contributed by atoms with Crippen LogP contribution in [0.4, 0.5) is 68.2 Å². The van der Waals surface area contributed by atoms with Crippen LogP contribution in [-0.4, -0.2) is 0 Å². The number of para-hydroxylation sites is 2. The molecule has 3 aromatic heterocycles. The molecule has 0 aliphatic carbocycles. The Morgan fingerprint density at radius 3 is 0.574 bits per heavy atom. The smallest absolute Gasteiger partial charge is 0.0468 e. The van der Waals surface area contributed by atoms with Crippen LogP contribution in [0.5, 0.6) is 0 Å². The zero-order valence-electron chi connectivity index (χ0n) is 62.6. The van der Waals surface area contributed by atoms with Crippen molar-refractivity contribution in [2.45, 2.75) is 0 Å². The maximum absolute atomic E-state index is 2.40. The van der Waals surface area contributed by atoms with Crippen molar-refractivity contribution in [1.82, 2.24) is 0 Å². The third-order valence-corrected chi connectivity index (χ3v) is 25.7. The molecule has 18 aromatic carbocycles. The summed E-state index contributed by atoms with van der Waals surface area (Å²) >= 11 is 5.55. The molecule has 0 spiro atoms. The molecule has 0 atom stereocenters. The highest BCUT2D eigenvalue weighted by atomic mass is 32.1. The maximum Gasteiger partial charge on any atom is 0.0468 e. The highest BCUT2D eigenvalue weighted by Gasteiger charge is 2.22. The molecule has 0 N–H and O–H groups in total. The van der Waals surface area contributed by atoms with Crippen molar-refractivity contribution in [3.63, 3.8) is 0 Å². The molecule has 7 heteroatoms. The van der Waals surface area contributed by atoms with Crippen LogP contribution in [-0.2, 0) is 0 Å². The van der Waals surface area contributed by atoms with Crippen molar-refractivity contribution in [2.24, 2.45) is 0 Å². The van der Waals surface area contributed by atoms with E-state index in [9.17, 15) is 0 Å². The molecule has 3 heterocycles. The Bertz CT molecular complexity index is 7090. The van der Waals surface area contributed by atoms with E-state index < -0.39 is 0 Å². The van der Waals surface area contributed by atoms with Crippen molar-refractivity contribution in [3.05, 3.63) is 437 Å². The van der Waals surface area contributed by atoms with E-state index in [4.69, 9.17) is 0 Å². The summed E-state index contributed by atoms with van der Waals surface area (Å²) in [4.78, 5) is 9.48. The van der Waals surface area contributed by atoms with Crippen molar-refractivity contribution in [1.29, 1.82) is 0 Å². The normalized spacial score (nSPS) is 11.5. The van der Waals surface area contributed by atoms with Gasteiger partial charge in [0.25, 0.3) is 0 Å². The lowest BCUT2D eigenvalue weighted by Gasteiger charge is -2.27. The minimum Gasteiger partial charge on any atom is -0.311 e. The number of rotatable bonds is 18. The van der Waals surface area contributed by atoms with Crippen molar-refractivity contribution in [2.75, 3.05) is 19.6 Å². The molecule has 0 saturated heterocycles. The summed E-state index contributed by atoms with van der Waals surface area (Å²) in [7, 11) is 0. The van der Waals surface area contributed by atoms with Gasteiger partial charge in [-0.25, -0.2) is 0 Å². The molecular formula is C108H72N4S3. The van der Waals surface area contributed by atoms with Gasteiger partial charge in [-0.2, -0.15) is 0 Å². The van der Waals surface area contributed by atoms with Crippen LogP contribution in [0.1, 0.15) is 0 Å². The minimum atomic E-state index is 1.08. The van der Waals surface area contributed by atoms with Gasteiger partial charge in [0.15, 0.2) is 0 Å². The number of hydrogen-bond donors (Lipinski definition) is 0. The summed E-state index contributed by atoms with van der Waals surface area (Å²) < 4.78 is 7.76. The molecule has 0 amide bonds. The molecule has 115 heavy (non-hydrogen) atoms. The summed E-state index contributed by atoms with van der Waals surface area (Å²) in [6.07, 6.45) is 0. The van der Waals surface area contributed by atoms with Gasteiger partial charge >= 0.3 is 0 Å². The molecule has 0 aliphatic rings. The molecule has 542 valence electrons. The number of nitrogens with zero attached hydrogens (tertiary/aromatic N) is 4. The lowest BCUT2D eigenvalue weighted by molar-refractivity contribution is 1.28. The largest absolute Gasteiger partial charge is 0.311 e. The van der Waals surface area contributed by atoms with Crippen LogP contribution >= 0.6 is 34.0 Å². The first-order valence-electron chi connectivity index (χ1n) is 39.0. The monoisotopic (exact) mass is 1520 g/mol. The zero-order valence-corrected chi connectivity index (χ0v) is 65.0. The van der Waals surface area contributed by atoms with Crippen LogP contribution < -0.4 is 19.6 Å². The average Bonchev–Trinajstić information content (AvgIpc) is 1.65. The molecule has 0 unspecified atom stereocenters. The molecule has 21 rings (SSSR count). The van der Waals surface area contributed by atoms with Crippen molar-refractivity contribution < 1.29 is 0 Å². The van der Waals surface area contributed by atoms with E-state index in [1.165, 1.54) is 82.8 Å². The van der Waals surface area contributed by atoms with E-state index in [-0.39, 0.29) is 0 Å². The third kappa shape index (κ3) is 13.3. The van der Waals surface area contributed by atoms with E-state index >= 15 is 0 Å². The van der Waals surface area contributed by atoms with Gasteiger partial charge in [0.2, 0.25) is 0 Å². The number of benzene rings is 18.